The van der Waals surface area contributed by atoms with Crippen molar-refractivity contribution in [2.45, 2.75) is 38.6 Å². The molecule has 0 spiro atoms. The zero-order valence-electron chi connectivity index (χ0n) is 12.7. The molecule has 2 heterocycles. The molecular weight excluding hydrogens is 333 g/mol. The number of nitrogens with zero attached hydrogens (tertiary/aromatic N) is 4. The van der Waals surface area contributed by atoms with Gasteiger partial charge in [-0.1, -0.05) is 6.92 Å². The van der Waals surface area contributed by atoms with E-state index >= 15 is 0 Å². The van der Waals surface area contributed by atoms with E-state index in [1.165, 1.54) is 17.8 Å². The van der Waals surface area contributed by atoms with E-state index < -0.39 is 26.9 Å². The summed E-state index contributed by atoms with van der Waals surface area (Å²) in [6, 6.07) is 0.735. The molecule has 0 fully saturated rings. The van der Waals surface area contributed by atoms with E-state index in [4.69, 9.17) is 0 Å². The van der Waals surface area contributed by atoms with E-state index in [0.717, 1.165) is 6.07 Å². The highest BCUT2D eigenvalue weighted by atomic mass is 32.2. The van der Waals surface area contributed by atoms with Gasteiger partial charge in [-0.15, -0.1) is 0 Å². The third-order valence-electron chi connectivity index (χ3n) is 3.20. The summed E-state index contributed by atoms with van der Waals surface area (Å²) in [7, 11) is -3.97. The van der Waals surface area contributed by atoms with Crippen molar-refractivity contribution in [3.63, 3.8) is 0 Å². The second-order valence-electron chi connectivity index (χ2n) is 4.81. The summed E-state index contributed by atoms with van der Waals surface area (Å²) in [5, 5.41) is 3.31. The lowest BCUT2D eigenvalue weighted by molar-refractivity contribution is -0.141. The van der Waals surface area contributed by atoms with Crippen molar-refractivity contribution >= 4 is 9.84 Å². The Labute approximate surface area is 131 Å². The van der Waals surface area contributed by atoms with Crippen LogP contribution in [-0.2, 0) is 22.6 Å². The van der Waals surface area contributed by atoms with E-state index in [0.29, 0.717) is 17.8 Å². The maximum atomic E-state index is 13.0. The Morgan fingerprint density at radius 2 is 1.87 bits per heavy atom. The van der Waals surface area contributed by atoms with Crippen LogP contribution in [-0.4, -0.2) is 33.9 Å². The SMILES string of the molecule is CCn1cc(-c2cc(C(F)(F)F)nc(S(=O)(=O)CC)n2)c(C)n1. The van der Waals surface area contributed by atoms with Crippen molar-refractivity contribution in [3.05, 3.63) is 23.7 Å². The topological polar surface area (TPSA) is 77.7 Å². The van der Waals surface area contributed by atoms with Crippen molar-refractivity contribution in [3.8, 4) is 11.3 Å². The minimum atomic E-state index is -4.77. The number of aryl methyl sites for hydroxylation is 2. The quantitative estimate of drug-likeness (QED) is 0.793. The fourth-order valence-corrected chi connectivity index (χ4v) is 2.64. The fraction of sp³-hybridized carbons (Fsp3) is 0.462. The Bertz CT molecular complexity index is 828. The predicted octanol–water partition coefficient (Wildman–Crippen LogP) is 2.48. The summed E-state index contributed by atoms with van der Waals surface area (Å²) < 4.78 is 64.4. The summed E-state index contributed by atoms with van der Waals surface area (Å²) in [5.41, 5.74) is -0.611. The van der Waals surface area contributed by atoms with Crippen molar-refractivity contribution < 1.29 is 21.6 Å². The normalized spacial score (nSPS) is 12.6. The number of aromatic nitrogens is 4. The summed E-state index contributed by atoms with van der Waals surface area (Å²) in [6.45, 7) is 5.28. The molecule has 10 heteroatoms. The largest absolute Gasteiger partial charge is 0.433 e. The van der Waals surface area contributed by atoms with Crippen molar-refractivity contribution in [2.24, 2.45) is 0 Å². The molecule has 0 bridgehead atoms. The van der Waals surface area contributed by atoms with Gasteiger partial charge in [0.1, 0.15) is 5.69 Å². The van der Waals surface area contributed by atoms with Gasteiger partial charge in [-0.05, 0) is 19.9 Å². The van der Waals surface area contributed by atoms with Gasteiger partial charge in [0.05, 0.1) is 17.1 Å². The van der Waals surface area contributed by atoms with E-state index in [-0.39, 0.29) is 11.4 Å². The maximum Gasteiger partial charge on any atom is 0.433 e. The fourth-order valence-electron chi connectivity index (χ4n) is 1.91. The lowest BCUT2D eigenvalue weighted by atomic mass is 10.1. The summed E-state index contributed by atoms with van der Waals surface area (Å²) in [4.78, 5) is 6.99. The molecule has 0 unspecified atom stereocenters. The van der Waals surface area contributed by atoms with E-state index in [2.05, 4.69) is 15.1 Å². The third kappa shape index (κ3) is 3.52. The Morgan fingerprint density at radius 3 is 2.35 bits per heavy atom. The molecule has 0 atom stereocenters. The molecule has 0 amide bonds. The Balaban J connectivity index is 2.73. The molecule has 0 aliphatic rings. The molecule has 0 radical (unpaired) electrons. The highest BCUT2D eigenvalue weighted by Crippen LogP contribution is 2.31. The molecule has 0 saturated carbocycles. The van der Waals surface area contributed by atoms with Crippen molar-refractivity contribution in [1.82, 2.24) is 19.7 Å². The first kappa shape index (κ1) is 17.4. The summed E-state index contributed by atoms with van der Waals surface area (Å²) in [5.74, 6) is -0.388. The Kier molecular flexibility index (Phi) is 4.47. The summed E-state index contributed by atoms with van der Waals surface area (Å²) >= 11 is 0. The van der Waals surface area contributed by atoms with Crippen LogP contribution < -0.4 is 0 Å². The number of sulfone groups is 1. The first-order valence-corrected chi connectivity index (χ1v) is 8.47. The first-order chi connectivity index (χ1) is 10.6. The minimum absolute atomic E-state index is 0.114. The molecule has 126 valence electrons. The smallest absolute Gasteiger partial charge is 0.272 e. The highest BCUT2D eigenvalue weighted by molar-refractivity contribution is 7.91. The molecule has 0 aliphatic carbocycles. The molecule has 23 heavy (non-hydrogen) atoms. The van der Waals surface area contributed by atoms with Crippen molar-refractivity contribution in [1.29, 1.82) is 0 Å². The van der Waals surface area contributed by atoms with E-state index in [9.17, 15) is 21.6 Å². The van der Waals surface area contributed by atoms with Gasteiger partial charge in [0, 0.05) is 18.3 Å². The molecule has 0 aliphatic heterocycles. The van der Waals surface area contributed by atoms with Gasteiger partial charge < -0.3 is 0 Å². The van der Waals surface area contributed by atoms with Gasteiger partial charge in [-0.25, -0.2) is 18.4 Å². The summed E-state index contributed by atoms with van der Waals surface area (Å²) in [6.07, 6.45) is -3.25. The standard InChI is InChI=1S/C13H15F3N4O2S/c1-4-20-7-9(8(3)19-20)10-6-11(13(14,15)16)18-12(17-10)23(21,22)5-2/h6-7H,4-5H2,1-3H3. The Morgan fingerprint density at radius 1 is 1.22 bits per heavy atom. The third-order valence-corrected chi connectivity index (χ3v) is 4.70. The van der Waals surface area contributed by atoms with Crippen LogP contribution in [0.2, 0.25) is 0 Å². The zero-order valence-corrected chi connectivity index (χ0v) is 13.5. The minimum Gasteiger partial charge on any atom is -0.272 e. The molecule has 0 aromatic carbocycles. The molecule has 6 nitrogen and oxygen atoms in total. The van der Waals surface area contributed by atoms with Crippen molar-refractivity contribution in [2.75, 3.05) is 5.75 Å². The average Bonchev–Trinajstić information content (AvgIpc) is 2.87. The van der Waals surface area contributed by atoms with Crippen LogP contribution in [0.1, 0.15) is 25.2 Å². The van der Waals surface area contributed by atoms with Crippen LogP contribution in [0.4, 0.5) is 13.2 Å². The van der Waals surface area contributed by atoms with Gasteiger partial charge >= 0.3 is 6.18 Å². The van der Waals surface area contributed by atoms with Crippen LogP contribution in [0.25, 0.3) is 11.3 Å². The predicted molar refractivity (Wildman–Crippen MR) is 76.4 cm³/mol. The second-order valence-corrected chi connectivity index (χ2v) is 6.98. The highest BCUT2D eigenvalue weighted by Gasteiger charge is 2.35. The monoisotopic (exact) mass is 348 g/mol. The first-order valence-electron chi connectivity index (χ1n) is 6.82. The van der Waals surface area contributed by atoms with Gasteiger partial charge in [-0.2, -0.15) is 18.3 Å². The maximum absolute atomic E-state index is 13.0. The molecule has 2 aromatic heterocycles. The molecule has 2 rings (SSSR count). The van der Waals surface area contributed by atoms with Crippen LogP contribution in [0.5, 0.6) is 0 Å². The van der Waals surface area contributed by atoms with Crippen LogP contribution >= 0.6 is 0 Å². The van der Waals surface area contributed by atoms with Gasteiger partial charge in [0.25, 0.3) is 0 Å². The van der Waals surface area contributed by atoms with Gasteiger partial charge in [-0.3, -0.25) is 4.68 Å². The number of hydrogen-bond donors (Lipinski definition) is 0. The van der Waals surface area contributed by atoms with Crippen LogP contribution in [0, 0.1) is 6.92 Å². The zero-order chi connectivity index (χ0) is 17.4. The lowest BCUT2D eigenvalue weighted by Gasteiger charge is -2.10. The van der Waals surface area contributed by atoms with E-state index in [1.54, 1.807) is 6.92 Å². The number of alkyl halides is 3. The van der Waals surface area contributed by atoms with E-state index in [1.807, 2.05) is 6.92 Å². The molecular formula is C13H15F3N4O2S. The number of rotatable bonds is 4. The lowest BCUT2D eigenvalue weighted by Crippen LogP contribution is -2.16. The van der Waals surface area contributed by atoms with Crippen LogP contribution in [0.15, 0.2) is 17.4 Å². The molecule has 2 aromatic rings. The van der Waals surface area contributed by atoms with Crippen LogP contribution in [0.3, 0.4) is 0 Å². The number of halogens is 3. The van der Waals surface area contributed by atoms with Gasteiger partial charge in [0.2, 0.25) is 15.0 Å². The molecule has 0 N–H and O–H groups in total. The number of hydrogen-bond acceptors (Lipinski definition) is 5. The second kappa shape index (κ2) is 5.91. The van der Waals surface area contributed by atoms with Gasteiger partial charge in [0.15, 0.2) is 0 Å². The average molecular weight is 348 g/mol. The Hall–Kier alpha value is -1.97. The molecule has 0 saturated heterocycles.